The topological polar surface area (TPSA) is 47.0 Å². The van der Waals surface area contributed by atoms with Gasteiger partial charge in [-0.05, 0) is 38.5 Å². The second kappa shape index (κ2) is 5.77. The largest absolute Gasteiger partial charge is 0.496 e. The summed E-state index contributed by atoms with van der Waals surface area (Å²) in [7, 11) is 0. The number of allylic oxidation sites excluding steroid dienone is 1. The Morgan fingerprint density at radius 3 is 3.06 bits per heavy atom. The van der Waals surface area contributed by atoms with Crippen molar-refractivity contribution in [2.75, 3.05) is 13.2 Å². The van der Waals surface area contributed by atoms with Gasteiger partial charge in [0.1, 0.15) is 17.6 Å². The van der Waals surface area contributed by atoms with Gasteiger partial charge in [-0.2, -0.15) is 0 Å². The summed E-state index contributed by atoms with van der Waals surface area (Å²) in [5.41, 5.74) is 0.979. The lowest BCUT2D eigenvalue weighted by molar-refractivity contribution is 0.167. The summed E-state index contributed by atoms with van der Waals surface area (Å²) in [6.07, 6.45) is 6.14. The first kappa shape index (κ1) is 12.0. The first-order valence-corrected chi connectivity index (χ1v) is 6.17. The van der Waals surface area contributed by atoms with Crippen LogP contribution in [0.1, 0.15) is 37.3 Å². The molecule has 1 aromatic rings. The van der Waals surface area contributed by atoms with E-state index in [0.717, 1.165) is 43.3 Å². The van der Waals surface area contributed by atoms with Crippen LogP contribution in [0.3, 0.4) is 0 Å². The van der Waals surface area contributed by atoms with E-state index in [9.17, 15) is 0 Å². The van der Waals surface area contributed by atoms with E-state index >= 15 is 0 Å². The van der Waals surface area contributed by atoms with Gasteiger partial charge in [-0.3, -0.25) is 0 Å². The molecule has 0 saturated carbocycles. The lowest BCUT2D eigenvalue weighted by Gasteiger charge is -2.24. The number of likely N-dealkylation sites (N-methyl/N-ethyl adjacent to an activating group) is 1. The highest BCUT2D eigenvalue weighted by Gasteiger charge is 2.20. The molecule has 2 heterocycles. The maximum atomic E-state index is 5.73. The van der Waals surface area contributed by atoms with Gasteiger partial charge in [-0.25, -0.2) is 9.97 Å². The Balaban J connectivity index is 2.24. The molecule has 0 bridgehead atoms. The van der Waals surface area contributed by atoms with Crippen LogP contribution in [0, 0.1) is 6.92 Å². The molecule has 1 atom stereocenters. The zero-order valence-corrected chi connectivity index (χ0v) is 10.4. The van der Waals surface area contributed by atoms with E-state index in [-0.39, 0.29) is 6.04 Å². The number of aryl methyl sites for hydroxylation is 1. The van der Waals surface area contributed by atoms with Crippen molar-refractivity contribution in [3.8, 4) is 0 Å². The average Bonchev–Trinajstić information content (AvgIpc) is 2.37. The molecule has 4 nitrogen and oxygen atoms in total. The number of rotatable bonds is 4. The zero-order valence-electron chi connectivity index (χ0n) is 10.4. The van der Waals surface area contributed by atoms with E-state index in [1.807, 2.05) is 13.0 Å². The van der Waals surface area contributed by atoms with E-state index in [2.05, 4.69) is 28.3 Å². The molecule has 4 heteroatoms. The second-order valence-electron chi connectivity index (χ2n) is 4.12. The Labute approximate surface area is 102 Å². The van der Waals surface area contributed by atoms with Crippen LogP contribution < -0.4 is 5.32 Å². The fourth-order valence-corrected chi connectivity index (χ4v) is 1.97. The summed E-state index contributed by atoms with van der Waals surface area (Å²) >= 11 is 0. The van der Waals surface area contributed by atoms with Crippen molar-refractivity contribution in [3.63, 3.8) is 0 Å². The summed E-state index contributed by atoms with van der Waals surface area (Å²) in [5.74, 6) is 1.79. The molecule has 0 amide bonds. The molecule has 0 spiro atoms. The zero-order chi connectivity index (χ0) is 12.1. The SMILES string of the molecule is CCNC(C1=CCCCO1)c1ccnc(C)n1. The van der Waals surface area contributed by atoms with Crippen molar-refractivity contribution in [3.05, 3.63) is 35.6 Å². The Hall–Kier alpha value is -1.42. The monoisotopic (exact) mass is 233 g/mol. The number of nitrogens with one attached hydrogen (secondary N) is 1. The Morgan fingerprint density at radius 2 is 2.41 bits per heavy atom. The van der Waals surface area contributed by atoms with Crippen LogP contribution in [0.2, 0.25) is 0 Å². The normalized spacial score (nSPS) is 17.2. The van der Waals surface area contributed by atoms with E-state index in [0.29, 0.717) is 0 Å². The predicted molar refractivity (Wildman–Crippen MR) is 66.5 cm³/mol. The van der Waals surface area contributed by atoms with Crippen LogP contribution in [0.4, 0.5) is 0 Å². The molecule has 1 N–H and O–H groups in total. The fraction of sp³-hybridized carbons (Fsp3) is 0.538. The van der Waals surface area contributed by atoms with Crippen molar-refractivity contribution < 1.29 is 4.74 Å². The van der Waals surface area contributed by atoms with Gasteiger partial charge in [0, 0.05) is 6.20 Å². The van der Waals surface area contributed by atoms with Crippen molar-refractivity contribution in [2.24, 2.45) is 0 Å². The van der Waals surface area contributed by atoms with Gasteiger partial charge >= 0.3 is 0 Å². The smallest absolute Gasteiger partial charge is 0.125 e. The second-order valence-corrected chi connectivity index (χ2v) is 4.12. The molecule has 0 fully saturated rings. The fourth-order valence-electron chi connectivity index (χ4n) is 1.97. The third-order valence-electron chi connectivity index (χ3n) is 2.75. The van der Waals surface area contributed by atoms with Crippen LogP contribution in [0.25, 0.3) is 0 Å². The van der Waals surface area contributed by atoms with Crippen LogP contribution in [0.5, 0.6) is 0 Å². The average molecular weight is 233 g/mol. The third-order valence-corrected chi connectivity index (χ3v) is 2.75. The number of ether oxygens (including phenoxy) is 1. The van der Waals surface area contributed by atoms with E-state index < -0.39 is 0 Å². The molecular weight excluding hydrogens is 214 g/mol. The maximum Gasteiger partial charge on any atom is 0.125 e. The number of hydrogen-bond donors (Lipinski definition) is 1. The Kier molecular flexibility index (Phi) is 4.09. The maximum absolute atomic E-state index is 5.73. The van der Waals surface area contributed by atoms with Crippen LogP contribution >= 0.6 is 0 Å². The van der Waals surface area contributed by atoms with Gasteiger partial charge in [0.05, 0.1) is 12.3 Å². The third kappa shape index (κ3) is 3.03. The molecule has 1 unspecified atom stereocenters. The minimum absolute atomic E-state index is 0.0574. The molecule has 0 saturated heterocycles. The van der Waals surface area contributed by atoms with Gasteiger partial charge in [-0.1, -0.05) is 6.92 Å². The minimum atomic E-state index is 0.0574. The van der Waals surface area contributed by atoms with Crippen molar-refractivity contribution in [1.82, 2.24) is 15.3 Å². The predicted octanol–water partition coefficient (Wildman–Crippen LogP) is 2.13. The number of hydrogen-bond acceptors (Lipinski definition) is 4. The molecule has 1 aliphatic rings. The molecule has 0 aromatic carbocycles. The number of aromatic nitrogens is 2. The van der Waals surface area contributed by atoms with Crippen molar-refractivity contribution >= 4 is 0 Å². The van der Waals surface area contributed by atoms with E-state index in [1.54, 1.807) is 6.20 Å². The lowest BCUT2D eigenvalue weighted by Crippen LogP contribution is -2.26. The van der Waals surface area contributed by atoms with Crippen molar-refractivity contribution in [2.45, 2.75) is 32.7 Å². The summed E-state index contributed by atoms with van der Waals surface area (Å²) in [5, 5.41) is 3.41. The Morgan fingerprint density at radius 1 is 1.53 bits per heavy atom. The van der Waals surface area contributed by atoms with Crippen molar-refractivity contribution in [1.29, 1.82) is 0 Å². The summed E-state index contributed by atoms with van der Waals surface area (Å²) in [6.45, 7) is 5.68. The standard InChI is InChI=1S/C13H19N3O/c1-3-14-13(12-6-4-5-9-17-12)11-7-8-15-10(2)16-11/h6-8,13-14H,3-5,9H2,1-2H3. The summed E-state index contributed by atoms with van der Waals surface area (Å²) < 4.78 is 5.73. The molecule has 1 aromatic heterocycles. The number of nitrogens with zero attached hydrogens (tertiary/aromatic N) is 2. The minimum Gasteiger partial charge on any atom is -0.496 e. The molecule has 0 radical (unpaired) electrons. The van der Waals surface area contributed by atoms with Crippen LogP contribution in [0.15, 0.2) is 24.1 Å². The highest BCUT2D eigenvalue weighted by molar-refractivity contribution is 5.19. The van der Waals surface area contributed by atoms with Gasteiger partial charge in [0.25, 0.3) is 0 Å². The van der Waals surface area contributed by atoms with Gasteiger partial charge in [0.15, 0.2) is 0 Å². The summed E-state index contributed by atoms with van der Waals surface area (Å²) in [4.78, 5) is 8.60. The molecular formula is C13H19N3O. The molecule has 92 valence electrons. The van der Waals surface area contributed by atoms with Gasteiger partial charge in [-0.15, -0.1) is 0 Å². The molecule has 0 aliphatic carbocycles. The molecule has 1 aliphatic heterocycles. The first-order valence-electron chi connectivity index (χ1n) is 6.17. The van der Waals surface area contributed by atoms with Gasteiger partial charge < -0.3 is 10.1 Å². The molecule has 2 rings (SSSR count). The van der Waals surface area contributed by atoms with Crippen LogP contribution in [-0.4, -0.2) is 23.1 Å². The highest BCUT2D eigenvalue weighted by atomic mass is 16.5. The quantitative estimate of drug-likeness (QED) is 0.865. The lowest BCUT2D eigenvalue weighted by atomic mass is 10.1. The van der Waals surface area contributed by atoms with Gasteiger partial charge in [0.2, 0.25) is 0 Å². The van der Waals surface area contributed by atoms with E-state index in [4.69, 9.17) is 4.74 Å². The first-order chi connectivity index (χ1) is 8.31. The highest BCUT2D eigenvalue weighted by Crippen LogP contribution is 2.24. The summed E-state index contributed by atoms with van der Waals surface area (Å²) in [6, 6.07) is 2.00. The van der Waals surface area contributed by atoms with Crippen LogP contribution in [-0.2, 0) is 4.74 Å². The molecule has 17 heavy (non-hydrogen) atoms. The van der Waals surface area contributed by atoms with E-state index in [1.165, 1.54) is 0 Å². The Bertz CT molecular complexity index is 403.